The molecule has 0 fully saturated rings. The van der Waals surface area contributed by atoms with Crippen molar-refractivity contribution >= 4 is 0 Å². The standard InChI is InChI=1S/C44H40N8O4/c53-41-33-9-29(21-49-5-1-45-25-49)10-34(41)18-36-12-31(23-51-7-3-47-27-51)14-38(43(36)55)20-40-16-32(24-52-8-4-48-28-52)15-39(44(40)56)19-37-13-30(11-35(17-33)42(37)54)22-50-6-2-46-26-50/h1-16,25-28,53-56H,17-24H2/p+1. The Bertz CT molecular complexity index is 2170. The van der Waals surface area contributed by atoms with E-state index in [0.717, 1.165) is 22.3 Å². The Labute approximate surface area is 322 Å². The fraction of sp³-hybridized carbons (Fsp3) is 0.182. The Morgan fingerprint density at radius 3 is 1.07 bits per heavy atom. The number of aromatic hydroxyl groups is 4. The Balaban J connectivity index is 1.25. The fourth-order valence-corrected chi connectivity index (χ4v) is 8.00. The molecule has 0 saturated heterocycles. The molecule has 9 rings (SSSR count). The van der Waals surface area contributed by atoms with Gasteiger partial charge in [-0.05, 0) is 115 Å². The van der Waals surface area contributed by atoms with Gasteiger partial charge in [0, 0.05) is 82.5 Å². The second kappa shape index (κ2) is 14.6. The number of fused-ring (bicyclic) bond motifs is 8. The van der Waals surface area contributed by atoms with Gasteiger partial charge in [0.1, 0.15) is 41.9 Å². The molecule has 56 heavy (non-hydrogen) atoms. The fourth-order valence-electron chi connectivity index (χ4n) is 8.00. The molecule has 0 saturated carbocycles. The molecule has 12 heteroatoms. The number of benzene rings is 4. The molecule has 4 heterocycles. The third-order valence-electron chi connectivity index (χ3n) is 10.6. The molecule has 5 N–H and O–H groups in total. The highest BCUT2D eigenvalue weighted by molar-refractivity contribution is 5.57. The molecule has 0 unspecified atom stereocenters. The zero-order valence-corrected chi connectivity index (χ0v) is 30.6. The Kier molecular flexibility index (Phi) is 9.06. The summed E-state index contributed by atoms with van der Waals surface area (Å²) in [6.45, 7) is 2.12. The second-order valence-corrected chi connectivity index (χ2v) is 14.7. The molecule has 0 atom stereocenters. The highest BCUT2D eigenvalue weighted by Crippen LogP contribution is 2.39. The van der Waals surface area contributed by atoms with Gasteiger partial charge in [-0.3, -0.25) is 4.98 Å². The molecule has 8 bridgehead atoms. The van der Waals surface area contributed by atoms with E-state index in [1.807, 2.05) is 104 Å². The van der Waals surface area contributed by atoms with Crippen molar-refractivity contribution in [1.29, 1.82) is 0 Å². The summed E-state index contributed by atoms with van der Waals surface area (Å²) in [6.07, 6.45) is 22.8. The van der Waals surface area contributed by atoms with E-state index in [0.29, 0.717) is 70.7 Å². The predicted octanol–water partition coefficient (Wildman–Crippen LogP) is 5.58. The van der Waals surface area contributed by atoms with Crippen LogP contribution >= 0.6 is 0 Å². The maximum Gasteiger partial charge on any atom is 0.241 e. The van der Waals surface area contributed by atoms with E-state index < -0.39 is 0 Å². The molecule has 4 aromatic heterocycles. The van der Waals surface area contributed by atoms with Crippen LogP contribution < -0.4 is 4.57 Å². The van der Waals surface area contributed by atoms with Gasteiger partial charge in [0.2, 0.25) is 6.33 Å². The summed E-state index contributed by atoms with van der Waals surface area (Å²) in [5.74, 6) is 0.466. The molecule has 0 spiro atoms. The van der Waals surface area contributed by atoms with Gasteiger partial charge >= 0.3 is 0 Å². The van der Waals surface area contributed by atoms with Crippen molar-refractivity contribution in [1.82, 2.24) is 33.6 Å². The molecule has 12 nitrogen and oxygen atoms in total. The quantitative estimate of drug-likeness (QED) is 0.127. The van der Waals surface area contributed by atoms with E-state index in [2.05, 4.69) is 19.9 Å². The number of nitrogens with zero attached hydrogens (tertiary/aromatic N) is 7. The molecule has 0 radical (unpaired) electrons. The molecule has 4 aromatic carbocycles. The molecule has 1 aliphatic carbocycles. The highest BCUT2D eigenvalue weighted by atomic mass is 16.3. The van der Waals surface area contributed by atoms with Gasteiger partial charge in [-0.1, -0.05) is 0 Å². The lowest BCUT2D eigenvalue weighted by Gasteiger charge is -2.20. The first-order chi connectivity index (χ1) is 27.3. The van der Waals surface area contributed by atoms with Crippen molar-refractivity contribution in [3.8, 4) is 23.0 Å². The van der Waals surface area contributed by atoms with E-state index in [1.165, 1.54) is 0 Å². The van der Waals surface area contributed by atoms with E-state index in [1.54, 1.807) is 37.6 Å². The number of imidazole rings is 4. The summed E-state index contributed by atoms with van der Waals surface area (Å²) in [7, 11) is 0. The first-order valence-corrected chi connectivity index (χ1v) is 18.5. The van der Waals surface area contributed by atoms with Crippen LogP contribution in [0.1, 0.15) is 66.8 Å². The number of hydrogen-bond acceptors (Lipinski definition) is 7. The normalized spacial score (nSPS) is 12.6. The number of aromatic nitrogens is 8. The van der Waals surface area contributed by atoms with E-state index in [4.69, 9.17) is 0 Å². The lowest BCUT2D eigenvalue weighted by molar-refractivity contribution is -0.687. The molecule has 280 valence electrons. The summed E-state index contributed by atoms with van der Waals surface area (Å²) < 4.78 is 7.94. The van der Waals surface area contributed by atoms with Crippen LogP contribution in [0.25, 0.3) is 0 Å². The van der Waals surface area contributed by atoms with Crippen molar-refractivity contribution < 1.29 is 25.0 Å². The first-order valence-electron chi connectivity index (χ1n) is 18.5. The summed E-state index contributed by atoms with van der Waals surface area (Å²) in [4.78, 5) is 15.8. The third kappa shape index (κ3) is 7.24. The van der Waals surface area contributed by atoms with Gasteiger partial charge < -0.3 is 34.1 Å². The Hall–Kier alpha value is -7.08. The van der Waals surface area contributed by atoms with Gasteiger partial charge in [-0.2, -0.15) is 0 Å². The van der Waals surface area contributed by atoms with Gasteiger partial charge in [0.15, 0.2) is 0 Å². The van der Waals surface area contributed by atoms with Crippen LogP contribution in [0.5, 0.6) is 23.0 Å². The van der Waals surface area contributed by atoms with E-state index in [-0.39, 0.29) is 48.7 Å². The van der Waals surface area contributed by atoms with E-state index >= 15 is 0 Å². The molecule has 0 aliphatic heterocycles. The number of hydrogen-bond donors (Lipinski definition) is 5. The van der Waals surface area contributed by atoms with Gasteiger partial charge in [0.25, 0.3) is 0 Å². The van der Waals surface area contributed by atoms with Crippen molar-refractivity contribution in [2.75, 3.05) is 0 Å². The third-order valence-corrected chi connectivity index (χ3v) is 10.6. The van der Waals surface area contributed by atoms with Crippen LogP contribution in [0, 0.1) is 0 Å². The SMILES string of the molecule is Oc1c2cc(Cn3ccnc3)cc1Cc1cc(Cn3ccnc3)cc(c1O)Cc1cc(C[n+]3cc[nH]c3)cc(c1O)Cc1cc(Cn3ccnc3)cc(c1O)C2. The maximum absolute atomic E-state index is 12.0. The van der Waals surface area contributed by atoms with Crippen LogP contribution in [0.4, 0.5) is 0 Å². The van der Waals surface area contributed by atoms with Crippen molar-refractivity contribution in [3.63, 3.8) is 0 Å². The molecule has 1 aliphatic rings. The van der Waals surface area contributed by atoms with Gasteiger partial charge in [0.05, 0.1) is 19.0 Å². The van der Waals surface area contributed by atoms with Gasteiger partial charge in [-0.25, -0.2) is 19.5 Å². The van der Waals surface area contributed by atoms with Crippen LogP contribution in [0.15, 0.2) is 123 Å². The van der Waals surface area contributed by atoms with E-state index in [9.17, 15) is 20.4 Å². The highest BCUT2D eigenvalue weighted by Gasteiger charge is 2.22. The average Bonchev–Trinajstić information content (AvgIpc) is 4.03. The Morgan fingerprint density at radius 2 is 0.804 bits per heavy atom. The zero-order chi connectivity index (χ0) is 38.2. The number of rotatable bonds is 8. The van der Waals surface area contributed by atoms with Gasteiger partial charge in [-0.15, -0.1) is 0 Å². The topological polar surface area (TPSA) is 154 Å². The monoisotopic (exact) mass is 745 g/mol. The van der Waals surface area contributed by atoms with Crippen molar-refractivity contribution in [2.45, 2.75) is 51.9 Å². The lowest BCUT2D eigenvalue weighted by Crippen LogP contribution is -2.31. The molecular weight excluding hydrogens is 705 g/mol. The summed E-state index contributed by atoms with van der Waals surface area (Å²) in [5.41, 5.74) is 9.02. The minimum absolute atomic E-state index is 0.114. The average molecular weight is 746 g/mol. The molecular formula is C44H41N8O4+. The number of H-pyrrole nitrogens is 1. The zero-order valence-electron chi connectivity index (χ0n) is 30.6. The largest absolute Gasteiger partial charge is 0.507 e. The summed E-state index contributed by atoms with van der Waals surface area (Å²) >= 11 is 0. The number of nitrogens with one attached hydrogen (secondary N) is 1. The van der Waals surface area contributed by atoms with Crippen molar-refractivity contribution in [3.05, 3.63) is 190 Å². The number of aromatic amines is 1. The number of phenols is 4. The Morgan fingerprint density at radius 1 is 0.482 bits per heavy atom. The molecule has 8 aromatic rings. The van der Waals surface area contributed by atoms with Crippen LogP contribution in [0.2, 0.25) is 0 Å². The second-order valence-electron chi connectivity index (χ2n) is 14.7. The minimum atomic E-state index is 0.114. The summed E-state index contributed by atoms with van der Waals surface area (Å²) in [6, 6.07) is 15.8. The first kappa shape index (κ1) is 34.7. The predicted molar refractivity (Wildman–Crippen MR) is 208 cm³/mol. The smallest absolute Gasteiger partial charge is 0.241 e. The molecule has 0 amide bonds. The maximum atomic E-state index is 12.0. The van der Waals surface area contributed by atoms with Crippen LogP contribution in [-0.2, 0) is 51.9 Å². The lowest BCUT2D eigenvalue weighted by atomic mass is 9.88. The van der Waals surface area contributed by atoms with Crippen LogP contribution in [0.3, 0.4) is 0 Å². The minimum Gasteiger partial charge on any atom is -0.507 e. The summed E-state index contributed by atoms with van der Waals surface area (Å²) in [5, 5.41) is 48.2. The van der Waals surface area contributed by atoms with Crippen LogP contribution in [-0.4, -0.2) is 54.1 Å². The van der Waals surface area contributed by atoms with Crippen molar-refractivity contribution in [2.24, 2.45) is 0 Å². The number of phenolic OH excluding ortho intramolecular Hbond substituents is 4.